The highest BCUT2D eigenvalue weighted by Gasteiger charge is 2.70. The van der Waals surface area contributed by atoms with Crippen LogP contribution in [0.5, 0.6) is 0 Å². The number of hydrogen-bond donors (Lipinski definition) is 0. The molecular weight excluding hydrogens is 372 g/mol. The van der Waals surface area contributed by atoms with E-state index in [1.165, 1.54) is 70.6 Å². The standard InChI is InChI=1S/C31H52/c1-21-10-11-23-28(6,22(21)2)13-12-24-29(23,7)17-19-31(9)25-20-26(3,4)14-15-27(25,5)16-18-30(24,31)8/h22-25H,1,10-20H2,2-9H3/t22-,23?,24?,25?,27+,28+,29-,30+,31-/m0/s1. The van der Waals surface area contributed by atoms with Crippen molar-refractivity contribution in [2.45, 2.75) is 126 Å². The maximum Gasteiger partial charge on any atom is -0.0177 e. The summed E-state index contributed by atoms with van der Waals surface area (Å²) in [6.07, 6.45) is 15.9. The molecule has 5 aliphatic carbocycles. The second-order valence-corrected chi connectivity index (χ2v) is 15.5. The molecule has 0 heterocycles. The summed E-state index contributed by atoms with van der Waals surface area (Å²) in [5.74, 6) is 3.45. The highest BCUT2D eigenvalue weighted by atomic mass is 14.7. The molecule has 0 nitrogen and oxygen atoms in total. The zero-order chi connectivity index (χ0) is 22.7. The van der Waals surface area contributed by atoms with E-state index < -0.39 is 0 Å². The van der Waals surface area contributed by atoms with Crippen molar-refractivity contribution in [3.8, 4) is 0 Å². The van der Waals surface area contributed by atoms with Crippen molar-refractivity contribution in [2.75, 3.05) is 0 Å². The molecule has 5 fully saturated rings. The van der Waals surface area contributed by atoms with E-state index in [-0.39, 0.29) is 0 Å². The van der Waals surface area contributed by atoms with E-state index >= 15 is 0 Å². The quantitative estimate of drug-likeness (QED) is 0.340. The molecule has 5 rings (SSSR count). The smallest absolute Gasteiger partial charge is 0.0177 e. The first-order valence-electron chi connectivity index (χ1n) is 13.9. The summed E-state index contributed by atoms with van der Waals surface area (Å²) < 4.78 is 0. The third kappa shape index (κ3) is 2.72. The van der Waals surface area contributed by atoms with Crippen LogP contribution in [0.25, 0.3) is 0 Å². The Morgan fingerprint density at radius 2 is 1.26 bits per heavy atom. The molecule has 176 valence electrons. The van der Waals surface area contributed by atoms with Gasteiger partial charge in [0.25, 0.3) is 0 Å². The Kier molecular flexibility index (Phi) is 4.68. The monoisotopic (exact) mass is 424 g/mol. The van der Waals surface area contributed by atoms with E-state index in [0.29, 0.717) is 38.4 Å². The van der Waals surface area contributed by atoms with Crippen molar-refractivity contribution < 1.29 is 0 Å². The largest absolute Gasteiger partial charge is 0.0996 e. The summed E-state index contributed by atoms with van der Waals surface area (Å²) in [7, 11) is 0. The fourth-order valence-electron chi connectivity index (χ4n) is 11.3. The predicted molar refractivity (Wildman–Crippen MR) is 134 cm³/mol. The molecule has 0 amide bonds. The van der Waals surface area contributed by atoms with Crippen molar-refractivity contribution in [2.24, 2.45) is 56.2 Å². The van der Waals surface area contributed by atoms with Crippen LogP contribution in [0.3, 0.4) is 0 Å². The van der Waals surface area contributed by atoms with E-state index in [0.717, 1.165) is 17.8 Å². The topological polar surface area (TPSA) is 0 Å². The van der Waals surface area contributed by atoms with Crippen LogP contribution in [0, 0.1) is 56.2 Å². The Morgan fingerprint density at radius 3 is 1.97 bits per heavy atom. The van der Waals surface area contributed by atoms with Gasteiger partial charge < -0.3 is 0 Å². The lowest BCUT2D eigenvalue weighted by Crippen LogP contribution is -2.67. The van der Waals surface area contributed by atoms with Crippen LogP contribution in [0.4, 0.5) is 0 Å². The third-order valence-corrected chi connectivity index (χ3v) is 13.9. The van der Waals surface area contributed by atoms with Crippen molar-refractivity contribution in [3.63, 3.8) is 0 Å². The molecule has 5 saturated carbocycles. The van der Waals surface area contributed by atoms with Gasteiger partial charge in [0.2, 0.25) is 0 Å². The normalized spacial score (nSPS) is 58.5. The van der Waals surface area contributed by atoms with Crippen molar-refractivity contribution in [1.29, 1.82) is 0 Å². The Labute approximate surface area is 194 Å². The lowest BCUT2D eigenvalue weighted by molar-refractivity contribution is -0.255. The lowest BCUT2D eigenvalue weighted by Gasteiger charge is -2.75. The molecule has 0 radical (unpaired) electrons. The Morgan fingerprint density at radius 1 is 0.645 bits per heavy atom. The zero-order valence-electron chi connectivity index (χ0n) is 22.3. The maximum atomic E-state index is 4.51. The molecule has 0 spiro atoms. The van der Waals surface area contributed by atoms with Gasteiger partial charge in [-0.15, -0.1) is 0 Å². The van der Waals surface area contributed by atoms with Gasteiger partial charge in [-0.2, -0.15) is 0 Å². The van der Waals surface area contributed by atoms with Crippen LogP contribution >= 0.6 is 0 Å². The summed E-state index contributed by atoms with van der Waals surface area (Å²) in [6.45, 7) is 25.9. The van der Waals surface area contributed by atoms with Crippen molar-refractivity contribution in [3.05, 3.63) is 12.2 Å². The van der Waals surface area contributed by atoms with Gasteiger partial charge in [0.05, 0.1) is 0 Å². The second-order valence-electron chi connectivity index (χ2n) is 15.5. The molecule has 3 unspecified atom stereocenters. The van der Waals surface area contributed by atoms with E-state index in [2.05, 4.69) is 62.0 Å². The summed E-state index contributed by atoms with van der Waals surface area (Å²) in [4.78, 5) is 0. The molecular formula is C31H52. The Hall–Kier alpha value is -0.260. The van der Waals surface area contributed by atoms with Crippen LogP contribution in [-0.2, 0) is 0 Å². The van der Waals surface area contributed by atoms with Crippen molar-refractivity contribution in [1.82, 2.24) is 0 Å². The molecule has 0 aliphatic heterocycles. The average molecular weight is 425 g/mol. The van der Waals surface area contributed by atoms with Crippen LogP contribution in [0.15, 0.2) is 12.2 Å². The highest BCUT2D eigenvalue weighted by molar-refractivity contribution is 5.22. The van der Waals surface area contributed by atoms with Crippen LogP contribution in [0.2, 0.25) is 0 Å². The summed E-state index contributed by atoms with van der Waals surface area (Å²) in [5.41, 5.74) is 4.75. The lowest BCUT2D eigenvalue weighted by atomic mass is 9.30. The second kappa shape index (κ2) is 6.44. The van der Waals surface area contributed by atoms with Crippen LogP contribution in [0.1, 0.15) is 126 Å². The predicted octanol–water partition coefficient (Wildman–Crippen LogP) is 9.44. The molecule has 0 saturated heterocycles. The van der Waals surface area contributed by atoms with Gasteiger partial charge in [-0.25, -0.2) is 0 Å². The van der Waals surface area contributed by atoms with E-state index in [4.69, 9.17) is 0 Å². The number of hydrogen-bond acceptors (Lipinski definition) is 0. The highest BCUT2D eigenvalue weighted by Crippen LogP contribution is 2.78. The molecule has 0 N–H and O–H groups in total. The van der Waals surface area contributed by atoms with Gasteiger partial charge in [-0.05, 0) is 127 Å². The van der Waals surface area contributed by atoms with Gasteiger partial charge in [-0.1, -0.05) is 67.5 Å². The minimum absolute atomic E-state index is 0.487. The third-order valence-electron chi connectivity index (χ3n) is 13.9. The average Bonchev–Trinajstić information content (AvgIpc) is 2.69. The van der Waals surface area contributed by atoms with Crippen LogP contribution in [-0.4, -0.2) is 0 Å². The number of allylic oxidation sites excluding steroid dienone is 1. The van der Waals surface area contributed by atoms with Gasteiger partial charge in [0.15, 0.2) is 0 Å². The maximum absolute atomic E-state index is 4.51. The van der Waals surface area contributed by atoms with Gasteiger partial charge in [-0.3, -0.25) is 0 Å². The number of rotatable bonds is 0. The summed E-state index contributed by atoms with van der Waals surface area (Å²) >= 11 is 0. The molecule has 0 bridgehead atoms. The van der Waals surface area contributed by atoms with Crippen molar-refractivity contribution >= 4 is 0 Å². The fourth-order valence-corrected chi connectivity index (χ4v) is 11.3. The SMILES string of the molecule is C=C1CCC2[C@]3(C)CC[C@@]4(C)C5CC(C)(C)CC[C@]5(C)CC[C@]4(C)C3CC[C@]2(C)[C@H]1C. The first kappa shape index (κ1) is 22.5. The molecule has 0 aromatic heterocycles. The Balaban J connectivity index is 1.55. The first-order valence-corrected chi connectivity index (χ1v) is 13.9. The fraction of sp³-hybridized carbons (Fsp3) is 0.935. The van der Waals surface area contributed by atoms with Gasteiger partial charge in [0.1, 0.15) is 0 Å². The minimum Gasteiger partial charge on any atom is -0.0996 e. The zero-order valence-corrected chi connectivity index (χ0v) is 22.3. The van der Waals surface area contributed by atoms with E-state index in [1.54, 1.807) is 5.57 Å². The number of fused-ring (bicyclic) bond motifs is 7. The van der Waals surface area contributed by atoms with E-state index in [1.807, 2.05) is 0 Å². The molecule has 31 heavy (non-hydrogen) atoms. The Bertz CT molecular complexity index is 775. The van der Waals surface area contributed by atoms with Gasteiger partial charge >= 0.3 is 0 Å². The molecule has 5 aliphatic rings. The summed E-state index contributed by atoms with van der Waals surface area (Å²) in [6, 6.07) is 0. The molecule has 0 aromatic carbocycles. The van der Waals surface area contributed by atoms with Crippen LogP contribution < -0.4 is 0 Å². The van der Waals surface area contributed by atoms with E-state index in [9.17, 15) is 0 Å². The molecule has 0 heteroatoms. The summed E-state index contributed by atoms with van der Waals surface area (Å²) in [5, 5.41) is 0. The molecule has 0 aromatic rings. The molecule has 9 atom stereocenters. The first-order chi connectivity index (χ1) is 14.2. The minimum atomic E-state index is 0.487. The van der Waals surface area contributed by atoms with Gasteiger partial charge in [0, 0.05) is 0 Å².